The molecule has 2 bridgehead atoms. The first-order chi connectivity index (χ1) is 11.8. The maximum atomic E-state index is 2.67. The number of rotatable bonds is 2. The van der Waals surface area contributed by atoms with Gasteiger partial charge in [-0.3, -0.25) is 0 Å². The minimum Gasteiger partial charge on any atom is -0.0708 e. The van der Waals surface area contributed by atoms with Crippen molar-refractivity contribution in [1.82, 2.24) is 0 Å². The van der Waals surface area contributed by atoms with Crippen LogP contribution < -0.4 is 0 Å². The third kappa shape index (κ3) is 2.06. The van der Waals surface area contributed by atoms with Crippen LogP contribution in [0, 0.1) is 5.92 Å². The van der Waals surface area contributed by atoms with E-state index in [4.69, 9.17) is 0 Å². The molecule has 1 saturated heterocycles. The van der Waals surface area contributed by atoms with E-state index < -0.39 is 0 Å². The number of hydrogen-bond donors (Lipinski definition) is 0. The van der Waals surface area contributed by atoms with Gasteiger partial charge < -0.3 is 0 Å². The van der Waals surface area contributed by atoms with Crippen molar-refractivity contribution in [3.05, 3.63) is 89.0 Å². The van der Waals surface area contributed by atoms with Crippen molar-refractivity contribution in [1.29, 1.82) is 0 Å². The van der Waals surface area contributed by atoms with Crippen molar-refractivity contribution in [3.63, 3.8) is 0 Å². The zero-order chi connectivity index (χ0) is 16.3. The lowest BCUT2D eigenvalue weighted by atomic mass is 9.90. The summed E-state index contributed by atoms with van der Waals surface area (Å²) >= 11 is 0. The molecule has 0 aliphatic carbocycles. The van der Waals surface area contributed by atoms with Crippen LogP contribution in [0.3, 0.4) is 0 Å². The zero-order valence-corrected chi connectivity index (χ0v) is 16.0. The summed E-state index contributed by atoms with van der Waals surface area (Å²) in [4.78, 5) is 0. The van der Waals surface area contributed by atoms with Crippen molar-refractivity contribution < 1.29 is 0 Å². The molecule has 1 unspecified atom stereocenters. The van der Waals surface area contributed by atoms with Crippen LogP contribution in [0.4, 0.5) is 0 Å². The maximum absolute atomic E-state index is 2.67. The average molecular weight is 348 g/mol. The van der Waals surface area contributed by atoms with Gasteiger partial charge in [0.05, 0.1) is 0 Å². The van der Waals surface area contributed by atoms with Crippen LogP contribution in [-0.2, 0) is 0 Å². The number of benzene rings is 2. The first kappa shape index (κ1) is 15.1. The monoisotopic (exact) mass is 348 g/mol. The molecule has 0 aromatic heterocycles. The predicted octanol–water partition coefficient (Wildman–Crippen LogP) is 7.01. The topological polar surface area (TPSA) is 0 Å². The zero-order valence-electron chi connectivity index (χ0n) is 14.2. The molecule has 24 heavy (non-hydrogen) atoms. The van der Waals surface area contributed by atoms with E-state index in [1.54, 1.807) is 22.0 Å². The van der Waals surface area contributed by atoms with Gasteiger partial charge in [0.25, 0.3) is 0 Å². The largest absolute Gasteiger partial charge is 0.0708 e. The molecule has 2 aromatic rings. The second-order valence-electron chi connectivity index (χ2n) is 7.20. The Kier molecular flexibility index (Phi) is 3.55. The Hall–Kier alpha value is -1.22. The fourth-order valence-electron chi connectivity index (χ4n) is 4.72. The van der Waals surface area contributed by atoms with Crippen molar-refractivity contribution >= 4 is 20.5 Å². The Bertz CT molecular complexity index is 835. The van der Waals surface area contributed by atoms with E-state index >= 15 is 0 Å². The maximum Gasteiger partial charge on any atom is 0.0193 e. The standard InChI is InChI=1S/C22H22P2/c1-15-14-23-21(16(15)2)19-13-20(17-9-5-3-6-10-17)24(23)22(19)18-11-7-4-8-12-18/h3-13,19,21-22H,14H2,1-2H3/t19-,21+,22?,23-,24-/m1/s1. The minimum atomic E-state index is -0.0576. The van der Waals surface area contributed by atoms with Crippen molar-refractivity contribution in [2.24, 2.45) is 5.92 Å². The van der Waals surface area contributed by atoms with Gasteiger partial charge >= 0.3 is 0 Å². The van der Waals surface area contributed by atoms with Crippen LogP contribution in [0.25, 0.3) is 5.31 Å². The van der Waals surface area contributed by atoms with E-state index in [0.717, 1.165) is 17.2 Å². The van der Waals surface area contributed by atoms with Crippen LogP contribution in [0.2, 0.25) is 0 Å². The highest BCUT2D eigenvalue weighted by atomic mass is 32.1. The quantitative estimate of drug-likeness (QED) is 0.404. The lowest BCUT2D eigenvalue weighted by molar-refractivity contribution is 0.655. The van der Waals surface area contributed by atoms with Crippen LogP contribution in [0.15, 0.2) is 77.9 Å². The predicted molar refractivity (Wildman–Crippen MR) is 108 cm³/mol. The summed E-state index contributed by atoms with van der Waals surface area (Å²) in [5.41, 5.74) is 8.10. The molecule has 0 radical (unpaired) electrons. The summed E-state index contributed by atoms with van der Waals surface area (Å²) in [5, 5.41) is 1.70. The van der Waals surface area contributed by atoms with Gasteiger partial charge in [0.2, 0.25) is 0 Å². The minimum absolute atomic E-state index is 0.0576. The highest BCUT2D eigenvalue weighted by molar-refractivity contribution is 8.35. The van der Waals surface area contributed by atoms with Gasteiger partial charge in [-0.05, 0) is 50.0 Å². The molecule has 5 atom stereocenters. The van der Waals surface area contributed by atoms with E-state index in [1.165, 1.54) is 11.7 Å². The molecule has 2 heteroatoms. The average Bonchev–Trinajstić information content (AvgIpc) is 3.25. The molecule has 5 rings (SSSR count). The molecule has 120 valence electrons. The molecule has 0 spiro atoms. The van der Waals surface area contributed by atoms with Gasteiger partial charge in [0.15, 0.2) is 0 Å². The van der Waals surface area contributed by atoms with Crippen LogP contribution in [0.5, 0.6) is 0 Å². The van der Waals surface area contributed by atoms with Crippen LogP contribution in [-0.4, -0.2) is 11.8 Å². The van der Waals surface area contributed by atoms with E-state index in [0.29, 0.717) is 0 Å². The molecule has 0 nitrogen and oxygen atoms in total. The Labute approximate surface area is 147 Å². The second kappa shape index (κ2) is 5.66. The van der Waals surface area contributed by atoms with Crippen molar-refractivity contribution in [2.75, 3.05) is 6.16 Å². The van der Waals surface area contributed by atoms with Gasteiger partial charge in [-0.25, -0.2) is 0 Å². The second-order valence-corrected chi connectivity index (χ2v) is 13.5. The molecular weight excluding hydrogens is 326 g/mol. The van der Waals surface area contributed by atoms with E-state index in [-0.39, 0.29) is 15.2 Å². The van der Waals surface area contributed by atoms with Gasteiger partial charge in [0, 0.05) is 11.3 Å². The van der Waals surface area contributed by atoms with Crippen molar-refractivity contribution in [2.45, 2.75) is 25.2 Å². The van der Waals surface area contributed by atoms with Gasteiger partial charge in [-0.1, -0.05) is 85.5 Å². The summed E-state index contributed by atoms with van der Waals surface area (Å²) < 4.78 is 0. The third-order valence-corrected chi connectivity index (χ3v) is 14.9. The smallest absolute Gasteiger partial charge is 0.0193 e. The molecule has 3 aliphatic heterocycles. The lowest BCUT2D eigenvalue weighted by Crippen LogP contribution is -2.14. The summed E-state index contributed by atoms with van der Waals surface area (Å²) in [7, 11) is 0.0535. The Morgan fingerprint density at radius 2 is 1.50 bits per heavy atom. The number of fused-ring (bicyclic) bond motifs is 5. The van der Waals surface area contributed by atoms with Gasteiger partial charge in [-0.15, -0.1) is 0 Å². The van der Waals surface area contributed by atoms with E-state index in [1.807, 2.05) is 0 Å². The molecule has 3 heterocycles. The van der Waals surface area contributed by atoms with Gasteiger partial charge in [0.1, 0.15) is 0 Å². The molecule has 1 fully saturated rings. The molecule has 2 aromatic carbocycles. The summed E-state index contributed by atoms with van der Waals surface area (Å²) in [5.74, 6) is 0.734. The third-order valence-electron chi connectivity index (χ3n) is 5.91. The molecule has 0 saturated carbocycles. The highest BCUT2D eigenvalue weighted by Crippen LogP contribution is 2.96. The Morgan fingerprint density at radius 1 is 0.833 bits per heavy atom. The lowest BCUT2D eigenvalue weighted by Gasteiger charge is -2.28. The highest BCUT2D eigenvalue weighted by Gasteiger charge is 2.57. The number of allylic oxidation sites excluding steroid dienone is 3. The number of hydrogen-bond acceptors (Lipinski definition) is 0. The summed E-state index contributed by atoms with van der Waals surface area (Å²) in [6, 6.07) is 22.5. The Balaban J connectivity index is 1.63. The van der Waals surface area contributed by atoms with E-state index in [2.05, 4.69) is 80.6 Å². The molecule has 3 aliphatic rings. The molecule has 0 amide bonds. The fourth-order valence-corrected chi connectivity index (χ4v) is 16.3. The van der Waals surface area contributed by atoms with Gasteiger partial charge in [-0.2, -0.15) is 0 Å². The first-order valence-electron chi connectivity index (χ1n) is 8.80. The van der Waals surface area contributed by atoms with E-state index in [9.17, 15) is 0 Å². The molecular formula is C22H22P2. The normalized spacial score (nSPS) is 33.8. The first-order valence-corrected chi connectivity index (χ1v) is 12.5. The summed E-state index contributed by atoms with van der Waals surface area (Å²) in [6.45, 7) is 4.79. The summed E-state index contributed by atoms with van der Waals surface area (Å²) in [6.07, 6.45) is 4.06. The van der Waals surface area contributed by atoms with Crippen LogP contribution in [0.1, 0.15) is 30.6 Å². The fraction of sp³-hybridized carbons (Fsp3) is 0.273. The van der Waals surface area contributed by atoms with Crippen molar-refractivity contribution in [3.8, 4) is 0 Å². The van der Waals surface area contributed by atoms with Crippen LogP contribution >= 0.6 is 15.2 Å². The SMILES string of the molecule is CC1=C(C)[C@H]2[C@H]3C=C(c4ccccc4)[P@](C3c3ccccc3)[P@]2C1. The Morgan fingerprint density at radius 3 is 2.21 bits per heavy atom. The molecule has 0 N–H and O–H groups in total.